The first kappa shape index (κ1) is 10.2. The zero-order valence-electron chi connectivity index (χ0n) is 8.21. The van der Waals surface area contributed by atoms with Crippen molar-refractivity contribution >= 4 is 23.2 Å². The number of phenolic OH excluding ortho intramolecular Hbond substituents is 1. The Morgan fingerprint density at radius 2 is 1.81 bits per heavy atom. The van der Waals surface area contributed by atoms with Crippen LogP contribution in [0.15, 0.2) is 36.4 Å². The third-order valence-corrected chi connectivity index (χ3v) is 2.21. The van der Waals surface area contributed by atoms with E-state index in [1.165, 1.54) is 12.1 Å². The highest BCUT2D eigenvalue weighted by Gasteiger charge is 2.07. The van der Waals surface area contributed by atoms with Gasteiger partial charge in [0, 0.05) is 0 Å². The Balaban J connectivity index is 2.48. The molecular formula is C12H8O4. The number of benzene rings is 2. The molecule has 0 saturated carbocycles. The van der Waals surface area contributed by atoms with Gasteiger partial charge >= 0.3 is 12.4 Å². The van der Waals surface area contributed by atoms with E-state index in [-0.39, 0.29) is 12.2 Å². The molecule has 0 saturated heterocycles. The lowest BCUT2D eigenvalue weighted by atomic mass is 10.1. The molecule has 0 radical (unpaired) electrons. The Morgan fingerprint density at radius 3 is 2.56 bits per heavy atom. The summed E-state index contributed by atoms with van der Waals surface area (Å²) in [6, 6.07) is 9.61. The number of hydrogen-bond donors (Lipinski definition) is 1. The van der Waals surface area contributed by atoms with Crippen molar-refractivity contribution < 1.29 is 19.4 Å². The Labute approximate surface area is 91.1 Å². The number of hydrogen-bond acceptors (Lipinski definition) is 4. The summed E-state index contributed by atoms with van der Waals surface area (Å²) in [5.74, 6) is -0.527. The van der Waals surface area contributed by atoms with E-state index >= 15 is 0 Å². The second kappa shape index (κ2) is 4.02. The van der Waals surface area contributed by atoms with Crippen molar-refractivity contribution in [3.63, 3.8) is 0 Å². The van der Waals surface area contributed by atoms with E-state index in [1.807, 2.05) is 0 Å². The van der Waals surface area contributed by atoms with Crippen molar-refractivity contribution in [2.24, 2.45) is 0 Å². The lowest BCUT2D eigenvalue weighted by molar-refractivity contribution is -0.123. The Kier molecular flexibility index (Phi) is 2.55. The number of aromatic hydroxyl groups is 1. The van der Waals surface area contributed by atoms with Crippen LogP contribution in [0.3, 0.4) is 0 Å². The molecule has 0 unspecified atom stereocenters. The van der Waals surface area contributed by atoms with Crippen LogP contribution in [-0.4, -0.2) is 17.5 Å². The molecule has 2 aromatic rings. The number of ether oxygens (including phenoxy) is 1. The van der Waals surface area contributed by atoms with Gasteiger partial charge in [-0.1, -0.05) is 12.1 Å². The highest BCUT2D eigenvalue weighted by Crippen LogP contribution is 2.21. The van der Waals surface area contributed by atoms with Crippen LogP contribution in [0.1, 0.15) is 10.4 Å². The maximum atomic E-state index is 11.3. The fraction of sp³-hybridized carbons (Fsp3) is 0. The summed E-state index contributed by atoms with van der Waals surface area (Å²) in [5, 5.41) is 10.9. The van der Waals surface area contributed by atoms with Crippen LogP contribution in [0.2, 0.25) is 0 Å². The molecule has 2 aromatic carbocycles. The van der Waals surface area contributed by atoms with Crippen LogP contribution in [0.5, 0.6) is 5.75 Å². The molecule has 16 heavy (non-hydrogen) atoms. The molecule has 0 bridgehead atoms. The molecule has 0 amide bonds. The van der Waals surface area contributed by atoms with Crippen LogP contribution in [-0.2, 0) is 9.53 Å². The number of fused-ring (bicyclic) bond motifs is 1. The van der Waals surface area contributed by atoms with Gasteiger partial charge in [-0.15, -0.1) is 0 Å². The number of carbonyl (C=O) groups excluding carboxylic acids is 2. The quantitative estimate of drug-likeness (QED) is 0.472. The van der Waals surface area contributed by atoms with Crippen molar-refractivity contribution in [3.8, 4) is 5.75 Å². The maximum absolute atomic E-state index is 11.3. The fourth-order valence-electron chi connectivity index (χ4n) is 1.47. The normalized spacial score (nSPS) is 10.0. The second-order valence-corrected chi connectivity index (χ2v) is 3.25. The second-order valence-electron chi connectivity index (χ2n) is 3.25. The third kappa shape index (κ3) is 1.86. The Bertz CT molecular complexity index is 560. The van der Waals surface area contributed by atoms with Crippen molar-refractivity contribution in [1.82, 2.24) is 0 Å². The first-order valence-corrected chi connectivity index (χ1v) is 4.58. The van der Waals surface area contributed by atoms with Crippen LogP contribution < -0.4 is 0 Å². The van der Waals surface area contributed by atoms with Crippen molar-refractivity contribution in [1.29, 1.82) is 0 Å². The molecule has 0 aliphatic rings. The van der Waals surface area contributed by atoms with E-state index in [2.05, 4.69) is 4.74 Å². The van der Waals surface area contributed by atoms with Gasteiger partial charge in [0.05, 0.1) is 5.56 Å². The standard InChI is InChI=1S/C12H8O4/c13-7-16-12(15)10-2-1-9-6-11(14)4-3-8(9)5-10/h1-7,14H. The van der Waals surface area contributed by atoms with Gasteiger partial charge in [0.25, 0.3) is 0 Å². The average Bonchev–Trinajstić information content (AvgIpc) is 2.28. The van der Waals surface area contributed by atoms with E-state index in [9.17, 15) is 14.7 Å². The van der Waals surface area contributed by atoms with E-state index in [4.69, 9.17) is 0 Å². The van der Waals surface area contributed by atoms with Crippen LogP contribution in [0.4, 0.5) is 0 Å². The van der Waals surface area contributed by atoms with Crippen molar-refractivity contribution in [2.75, 3.05) is 0 Å². The van der Waals surface area contributed by atoms with Crippen molar-refractivity contribution in [3.05, 3.63) is 42.0 Å². The molecule has 2 rings (SSSR count). The topological polar surface area (TPSA) is 63.6 Å². The first-order valence-electron chi connectivity index (χ1n) is 4.58. The zero-order valence-corrected chi connectivity index (χ0v) is 8.21. The molecule has 0 heterocycles. The molecule has 80 valence electrons. The zero-order chi connectivity index (χ0) is 11.5. The number of rotatable bonds is 2. The van der Waals surface area contributed by atoms with Crippen molar-refractivity contribution in [2.45, 2.75) is 0 Å². The summed E-state index contributed by atoms with van der Waals surface area (Å²) < 4.78 is 4.23. The van der Waals surface area contributed by atoms with E-state index < -0.39 is 5.97 Å². The average molecular weight is 216 g/mol. The fourth-order valence-corrected chi connectivity index (χ4v) is 1.47. The summed E-state index contributed by atoms with van der Waals surface area (Å²) >= 11 is 0. The van der Waals surface area contributed by atoms with Gasteiger partial charge in [-0.05, 0) is 35.0 Å². The molecule has 4 nitrogen and oxygen atoms in total. The minimum atomic E-state index is -0.690. The third-order valence-electron chi connectivity index (χ3n) is 2.21. The van der Waals surface area contributed by atoms with Gasteiger partial charge in [-0.3, -0.25) is 4.79 Å². The molecular weight excluding hydrogens is 208 g/mol. The molecule has 0 spiro atoms. The number of phenols is 1. The van der Waals surface area contributed by atoms with Gasteiger partial charge in [0.2, 0.25) is 0 Å². The Hall–Kier alpha value is -2.36. The predicted octanol–water partition coefficient (Wildman–Crippen LogP) is 1.86. The van der Waals surface area contributed by atoms with Crippen LogP contribution >= 0.6 is 0 Å². The minimum absolute atomic E-state index is 0.101. The molecule has 0 aliphatic heterocycles. The SMILES string of the molecule is O=COC(=O)c1ccc2cc(O)ccc2c1. The summed E-state index contributed by atoms with van der Waals surface area (Å²) in [7, 11) is 0. The largest absolute Gasteiger partial charge is 0.508 e. The molecule has 4 heteroatoms. The highest BCUT2D eigenvalue weighted by molar-refractivity contribution is 5.97. The van der Waals surface area contributed by atoms with Gasteiger partial charge < -0.3 is 9.84 Å². The van der Waals surface area contributed by atoms with Crippen LogP contribution in [0, 0.1) is 0 Å². The summed E-state index contributed by atoms with van der Waals surface area (Å²) in [6.45, 7) is 0.101. The monoisotopic (exact) mass is 216 g/mol. The lowest BCUT2D eigenvalue weighted by Gasteiger charge is -2.01. The van der Waals surface area contributed by atoms with Gasteiger partial charge in [-0.2, -0.15) is 0 Å². The van der Waals surface area contributed by atoms with E-state index in [0.29, 0.717) is 5.56 Å². The number of esters is 1. The van der Waals surface area contributed by atoms with Crippen LogP contribution in [0.25, 0.3) is 10.8 Å². The lowest BCUT2D eigenvalue weighted by Crippen LogP contribution is -2.02. The highest BCUT2D eigenvalue weighted by atomic mass is 16.6. The van der Waals surface area contributed by atoms with Gasteiger partial charge in [0.15, 0.2) is 0 Å². The predicted molar refractivity (Wildman–Crippen MR) is 57.1 cm³/mol. The Morgan fingerprint density at radius 1 is 1.12 bits per heavy atom. The minimum Gasteiger partial charge on any atom is -0.508 e. The summed E-state index contributed by atoms with van der Waals surface area (Å²) in [4.78, 5) is 21.3. The molecule has 0 fully saturated rings. The molecule has 0 aromatic heterocycles. The molecule has 0 atom stereocenters. The van der Waals surface area contributed by atoms with Gasteiger partial charge in [0.1, 0.15) is 5.75 Å². The van der Waals surface area contributed by atoms with Gasteiger partial charge in [-0.25, -0.2) is 4.79 Å². The van der Waals surface area contributed by atoms with E-state index in [0.717, 1.165) is 10.8 Å². The molecule has 0 aliphatic carbocycles. The first-order chi connectivity index (χ1) is 7.70. The summed E-state index contributed by atoms with van der Waals surface area (Å²) in [6.07, 6.45) is 0. The smallest absolute Gasteiger partial charge is 0.345 e. The number of carbonyl (C=O) groups is 2. The summed E-state index contributed by atoms with van der Waals surface area (Å²) in [5.41, 5.74) is 0.297. The van der Waals surface area contributed by atoms with E-state index in [1.54, 1.807) is 24.3 Å². The molecule has 1 N–H and O–H groups in total. The maximum Gasteiger partial charge on any atom is 0.345 e.